The summed E-state index contributed by atoms with van der Waals surface area (Å²) in [6, 6.07) is 5.37. The number of nitrogens with one attached hydrogen (secondary N) is 1. The third kappa shape index (κ3) is 7.23. The molecule has 5 aliphatic heterocycles. The topological polar surface area (TPSA) is 242 Å². The second-order valence-electron chi connectivity index (χ2n) is 28.3. The van der Waals surface area contributed by atoms with Crippen LogP contribution in [0.2, 0.25) is 0 Å². The summed E-state index contributed by atoms with van der Waals surface area (Å²) < 4.78 is 8.66. The Labute approximate surface area is 479 Å². The van der Waals surface area contributed by atoms with Gasteiger partial charge in [0.2, 0.25) is 5.91 Å². The van der Waals surface area contributed by atoms with Gasteiger partial charge in [-0.1, -0.05) is 67.9 Å². The van der Waals surface area contributed by atoms with E-state index in [4.69, 9.17) is 4.74 Å². The number of phenolic OH excluding ortho intramolecular Hbond substituents is 1. The minimum absolute atomic E-state index is 0.0178. The predicted molar refractivity (Wildman–Crippen MR) is 306 cm³/mol. The number of aliphatic hydroxyl groups is 7. The molecule has 15 rings (SSSR count). The van der Waals surface area contributed by atoms with Crippen molar-refractivity contribution in [3.63, 3.8) is 0 Å². The van der Waals surface area contributed by atoms with Crippen LogP contribution >= 0.6 is 21.6 Å². The highest BCUT2D eigenvalue weighted by Gasteiger charge is 2.82. The van der Waals surface area contributed by atoms with Crippen LogP contribution in [-0.2, 0) is 27.3 Å². The summed E-state index contributed by atoms with van der Waals surface area (Å²) in [5.41, 5.74) is -9.84. The number of phenols is 1. The van der Waals surface area contributed by atoms with Crippen LogP contribution in [0.15, 0.2) is 60.7 Å². The molecule has 80 heavy (non-hydrogen) atoms. The zero-order valence-corrected chi connectivity index (χ0v) is 49.1. The van der Waals surface area contributed by atoms with E-state index in [1.54, 1.807) is 35.6 Å². The van der Waals surface area contributed by atoms with Crippen LogP contribution in [0, 0.1) is 85.8 Å². The molecule has 0 radical (unpaired) electrons. The summed E-state index contributed by atoms with van der Waals surface area (Å²) >= 11 is 0. The van der Waals surface area contributed by atoms with Crippen molar-refractivity contribution in [2.24, 2.45) is 85.8 Å². The molecule has 6 saturated carbocycles. The first-order valence-corrected chi connectivity index (χ1v) is 33.0. The molecule has 9 N–H and O–H groups in total. The van der Waals surface area contributed by atoms with Crippen LogP contribution in [0.25, 0.3) is 0 Å². The number of benzene rings is 1. The summed E-state index contributed by atoms with van der Waals surface area (Å²) in [6.07, 6.45) is 14.1. The Bertz CT molecular complexity index is 2820. The van der Waals surface area contributed by atoms with E-state index in [2.05, 4.69) is 50.1 Å². The van der Waals surface area contributed by atoms with Crippen molar-refractivity contribution >= 4 is 39.0 Å². The molecular formula is C63H88N4O11S2. The standard InChI is InChI=1S/C63H88N4O11S2/c1-35(2)36(3)50-53(78-50)61(76)15-7-10-40-24-45-46-26-49(71)60(28-47(70)52(73)57(56(45,60)4)16-11-38(27-57)30-66-21-20-65-34-66)55(75)80-79-32-42-9-6-8-41(31-68)63(42)54(74)67(33-58(63)17-13-39(29-64-5)51(58)72)43-22-37(23-44(69)25-43)12-18-59(40)48(61)14-19-62(46,59)77/h7,10,20-23,25-26,34-36,38-42,45,47-48,50-53,55,64,68-70,72-73,75-77H,6,8-9,11-19,24,27-33H2,1-5H3/t36-,38+,39-,40-,41+,42+,45+,47-,48+,50+,51-,52-,53-,55+,56+,57+,58-,59-,60+,61-,62-,63+/m1/s1. The van der Waals surface area contributed by atoms with Crippen LogP contribution in [-0.4, -0.2) is 142 Å². The maximum Gasteiger partial charge on any atom is 0.234 e. The van der Waals surface area contributed by atoms with E-state index in [-0.39, 0.29) is 79.1 Å². The lowest BCUT2D eigenvalue weighted by molar-refractivity contribution is -0.263. The molecule has 6 heterocycles. The fourth-order valence-electron chi connectivity index (χ4n) is 21.8. The Balaban J connectivity index is 1.02. The number of rotatable bonds is 8. The molecule has 15 nitrogen and oxygen atoms in total. The number of aryl methyl sites for hydroxylation is 1. The molecule has 1 amide bonds. The minimum atomic E-state index is -1.67. The van der Waals surface area contributed by atoms with Crippen molar-refractivity contribution in [2.75, 3.05) is 37.4 Å². The van der Waals surface area contributed by atoms with Crippen LogP contribution in [0.3, 0.4) is 0 Å². The minimum Gasteiger partial charge on any atom is -0.508 e. The Morgan fingerprint density at radius 2 is 1.75 bits per heavy atom. The first kappa shape index (κ1) is 56.3. The number of carbonyl (C=O) groups is 2. The zero-order valence-electron chi connectivity index (χ0n) is 47.5. The molecular weight excluding hydrogens is 1050 g/mol. The number of anilines is 1. The SMILES string of the molecule is CNC[C@H]1CC[C@@]2(CN3C(=O)[C@@]24[C@H](CO)CCC[C@H]4CSS[C@H](O)[C@@]24C[C@@H](O)[C@@H](O)[C@@]5(CC[C@H](Cn6ccnc6)C5)[C@]2(C)[C@H]2C[C@H]5C=CC[C@](O)([C@@H]6O[C@H]6[C@H](C)C(C)C)[C@H]6CC[C@@](O)(C2=CC4=O)[C@]56CCc2cc(O)cc3c2)[C@@H]1O. The molecule has 8 bridgehead atoms. The van der Waals surface area contributed by atoms with Gasteiger partial charge in [0.25, 0.3) is 0 Å². The van der Waals surface area contributed by atoms with Gasteiger partial charge in [-0.3, -0.25) is 9.59 Å². The molecule has 2 saturated heterocycles. The Kier molecular flexibility index (Phi) is 13.8. The number of ether oxygens (including phenoxy) is 1. The van der Waals surface area contributed by atoms with Gasteiger partial charge in [0.15, 0.2) is 5.78 Å². The van der Waals surface area contributed by atoms with Crippen LogP contribution in [0.1, 0.15) is 123 Å². The fraction of sp³-hybridized carbons (Fsp3) is 0.762. The number of imidazole rings is 1. The lowest BCUT2D eigenvalue weighted by Gasteiger charge is -2.72. The van der Waals surface area contributed by atoms with Gasteiger partial charge < -0.3 is 60.4 Å². The Morgan fingerprint density at radius 1 is 0.950 bits per heavy atom. The number of ketones is 1. The highest BCUT2D eigenvalue weighted by molar-refractivity contribution is 8.76. The fourth-order valence-corrected chi connectivity index (χ4v) is 24.8. The van der Waals surface area contributed by atoms with Gasteiger partial charge in [-0.05, 0) is 179 Å². The predicted octanol–water partition coefficient (Wildman–Crippen LogP) is 6.58. The number of aromatic hydroxyl groups is 1. The van der Waals surface area contributed by atoms with Gasteiger partial charge in [-0.2, -0.15) is 0 Å². The lowest BCUT2D eigenvalue weighted by Crippen LogP contribution is -2.75. The average molecular weight is 1140 g/mol. The molecule has 438 valence electrons. The van der Waals surface area contributed by atoms with Crippen molar-refractivity contribution in [2.45, 2.75) is 178 Å². The third-order valence-corrected chi connectivity index (χ3v) is 28.2. The number of amides is 1. The van der Waals surface area contributed by atoms with Crippen LogP contribution in [0.4, 0.5) is 5.69 Å². The summed E-state index contributed by atoms with van der Waals surface area (Å²) in [5.74, 6) is -2.10. The maximum atomic E-state index is 16.5. The van der Waals surface area contributed by atoms with E-state index in [0.29, 0.717) is 113 Å². The highest BCUT2D eigenvalue weighted by atomic mass is 33.1. The number of fused-ring (bicyclic) bond motifs is 1. The molecule has 2 aromatic rings. The highest BCUT2D eigenvalue weighted by Crippen LogP contribution is 2.80. The molecule has 1 aromatic carbocycles. The Morgan fingerprint density at radius 3 is 2.50 bits per heavy atom. The van der Waals surface area contributed by atoms with Gasteiger partial charge in [0, 0.05) is 78.3 Å². The number of carbonyl (C=O) groups excluding carboxylic acids is 2. The summed E-state index contributed by atoms with van der Waals surface area (Å²) in [6.45, 7) is 9.75. The number of aliphatic hydroxyl groups excluding tert-OH is 5. The second kappa shape index (κ2) is 19.6. The first-order valence-electron chi connectivity index (χ1n) is 30.6. The number of hydrogen-bond acceptors (Lipinski definition) is 15. The largest absolute Gasteiger partial charge is 0.508 e. The molecule has 13 aliphatic rings. The number of hydrogen-bond donors (Lipinski definition) is 9. The number of nitrogens with zero attached hydrogens (tertiary/aromatic N) is 3. The van der Waals surface area contributed by atoms with Crippen LogP contribution in [0.5, 0.6) is 5.75 Å². The molecule has 0 unspecified atom stereocenters. The summed E-state index contributed by atoms with van der Waals surface area (Å²) in [5, 5.41) is 107. The lowest BCUT2D eigenvalue weighted by atomic mass is 9.33. The van der Waals surface area contributed by atoms with Crippen molar-refractivity contribution in [1.29, 1.82) is 0 Å². The van der Waals surface area contributed by atoms with Crippen LogP contribution < -0.4 is 10.2 Å². The molecule has 8 aliphatic carbocycles. The van der Waals surface area contributed by atoms with Crippen molar-refractivity contribution in [3.8, 4) is 5.75 Å². The van der Waals surface area contributed by atoms with Gasteiger partial charge in [-0.15, -0.1) is 0 Å². The van der Waals surface area contributed by atoms with E-state index in [9.17, 15) is 40.9 Å². The molecule has 1 aromatic heterocycles. The second-order valence-corrected chi connectivity index (χ2v) is 30.8. The van der Waals surface area contributed by atoms with Gasteiger partial charge in [0.05, 0.1) is 47.2 Å². The first-order chi connectivity index (χ1) is 38.2. The smallest absolute Gasteiger partial charge is 0.234 e. The summed E-state index contributed by atoms with van der Waals surface area (Å²) in [7, 11) is 4.49. The third-order valence-electron chi connectivity index (χ3n) is 25.6. The van der Waals surface area contributed by atoms with E-state index < -0.39 is 91.3 Å². The Hall–Kier alpha value is -2.81. The van der Waals surface area contributed by atoms with E-state index in [1.165, 1.54) is 21.6 Å². The number of epoxide rings is 1. The molecule has 8 fully saturated rings. The van der Waals surface area contributed by atoms with Crippen molar-refractivity contribution < 1.29 is 55.2 Å². The molecule has 17 heteroatoms. The maximum absolute atomic E-state index is 16.5. The van der Waals surface area contributed by atoms with E-state index in [1.807, 2.05) is 23.9 Å². The monoisotopic (exact) mass is 1140 g/mol. The van der Waals surface area contributed by atoms with Crippen molar-refractivity contribution in [1.82, 2.24) is 14.9 Å². The quantitative estimate of drug-likeness (QED) is 0.0771. The zero-order chi connectivity index (χ0) is 56.3. The van der Waals surface area contributed by atoms with Gasteiger partial charge in [0.1, 0.15) is 22.9 Å². The van der Waals surface area contributed by atoms with Gasteiger partial charge in [-0.25, -0.2) is 4.98 Å². The summed E-state index contributed by atoms with van der Waals surface area (Å²) in [4.78, 5) is 38.9. The van der Waals surface area contributed by atoms with E-state index in [0.717, 1.165) is 12.0 Å². The number of allylic oxidation sites excluding steroid dienone is 2. The molecule has 22 atom stereocenters. The van der Waals surface area contributed by atoms with E-state index >= 15 is 9.59 Å². The number of aromatic nitrogens is 2. The van der Waals surface area contributed by atoms with Gasteiger partial charge >= 0.3 is 0 Å². The van der Waals surface area contributed by atoms with Crippen molar-refractivity contribution in [3.05, 3.63) is 66.3 Å². The average Bonchev–Trinajstić information content (AvgIpc) is 1.25. The molecule has 5 spiro atoms. The normalized spacial score (nSPS) is 48.9.